The first-order chi connectivity index (χ1) is 27.1. The van der Waals surface area contributed by atoms with Crippen molar-refractivity contribution >= 4 is 45.4 Å². The number of hydrogen-bond acceptors (Lipinski definition) is 7. The van der Waals surface area contributed by atoms with Gasteiger partial charge >= 0.3 is 0 Å². The Labute approximate surface area is 332 Å². The molecule has 1 aliphatic carbocycles. The molecule has 3 fully saturated rings. The number of carbonyl (C=O) groups excluding carboxylic acids is 2. The van der Waals surface area contributed by atoms with E-state index in [9.17, 15) is 13.8 Å². The van der Waals surface area contributed by atoms with Crippen LogP contribution in [0.5, 0.6) is 5.75 Å². The van der Waals surface area contributed by atoms with E-state index in [1.165, 1.54) is 24.8 Å². The molecule has 12 heteroatoms. The molecule has 2 amide bonds. The highest BCUT2D eigenvalue weighted by atomic mass is 32.2. The van der Waals surface area contributed by atoms with E-state index in [0.717, 1.165) is 70.4 Å². The first-order valence-electron chi connectivity index (χ1n) is 20.4. The Kier molecular flexibility index (Phi) is 11.2. The summed E-state index contributed by atoms with van der Waals surface area (Å²) in [6, 6.07) is 12.3. The maximum atomic E-state index is 14.7. The van der Waals surface area contributed by atoms with Crippen molar-refractivity contribution in [3.63, 3.8) is 0 Å². The van der Waals surface area contributed by atoms with Gasteiger partial charge in [0.2, 0.25) is 0 Å². The molecule has 0 bridgehead atoms. The second-order valence-corrected chi connectivity index (χ2v) is 17.8. The summed E-state index contributed by atoms with van der Waals surface area (Å²) in [5.41, 5.74) is 8.29. The number of benzene rings is 2. The first kappa shape index (κ1) is 38.6. The van der Waals surface area contributed by atoms with Gasteiger partial charge in [0.1, 0.15) is 16.7 Å². The molecule has 11 nitrogen and oxygen atoms in total. The Morgan fingerprint density at radius 3 is 2.45 bits per heavy atom. The average Bonchev–Trinajstić information content (AvgIpc) is 3.72. The van der Waals surface area contributed by atoms with Crippen molar-refractivity contribution in [3.05, 3.63) is 70.5 Å². The highest BCUT2D eigenvalue weighted by Crippen LogP contribution is 2.48. The van der Waals surface area contributed by atoms with Crippen LogP contribution in [-0.2, 0) is 27.0 Å². The zero-order valence-electron chi connectivity index (χ0n) is 33.3. The lowest BCUT2D eigenvalue weighted by Gasteiger charge is -2.35. The van der Waals surface area contributed by atoms with Gasteiger partial charge in [0.15, 0.2) is 0 Å². The van der Waals surface area contributed by atoms with Crippen molar-refractivity contribution in [1.29, 1.82) is 0 Å². The van der Waals surface area contributed by atoms with Crippen molar-refractivity contribution in [2.45, 2.75) is 103 Å². The number of carbonyl (C=O) groups is 2. The second-order valence-electron chi connectivity index (χ2n) is 16.5. The third kappa shape index (κ3) is 7.59. The van der Waals surface area contributed by atoms with E-state index in [1.807, 2.05) is 50.8 Å². The molecule has 0 radical (unpaired) electrons. The number of aromatic nitrogens is 3. The minimum Gasteiger partial charge on any atom is -0.497 e. The molecule has 1 saturated carbocycles. The molecule has 2 saturated heterocycles. The number of methoxy groups -OCH3 is 1. The Balaban J connectivity index is 1.34. The predicted molar refractivity (Wildman–Crippen MR) is 220 cm³/mol. The smallest absolute Gasteiger partial charge is 0.263 e. The van der Waals surface area contributed by atoms with E-state index in [4.69, 9.17) is 19.3 Å². The monoisotopic (exact) mass is 781 g/mol. The number of nitrogens with zero attached hydrogens (tertiary/aromatic N) is 4. The van der Waals surface area contributed by atoms with Gasteiger partial charge in [-0.1, -0.05) is 39.2 Å². The minimum atomic E-state index is -1.49. The van der Waals surface area contributed by atoms with Crippen LogP contribution in [0.2, 0.25) is 0 Å². The lowest BCUT2D eigenvalue weighted by atomic mass is 9.81. The molecule has 56 heavy (non-hydrogen) atoms. The normalized spacial score (nSPS) is 21.3. The van der Waals surface area contributed by atoms with Crippen LogP contribution in [0.15, 0.2) is 42.6 Å². The highest BCUT2D eigenvalue weighted by molar-refractivity contribution is 7.83. The largest absolute Gasteiger partial charge is 0.497 e. The molecule has 3 aliphatic heterocycles. The van der Waals surface area contributed by atoms with E-state index in [-0.39, 0.29) is 36.0 Å². The second kappa shape index (κ2) is 16.3. The van der Waals surface area contributed by atoms with Gasteiger partial charge in [-0.25, -0.2) is 4.21 Å². The van der Waals surface area contributed by atoms with E-state index in [1.54, 1.807) is 13.3 Å². The van der Waals surface area contributed by atoms with Gasteiger partial charge in [-0.05, 0) is 104 Å². The Morgan fingerprint density at radius 2 is 1.73 bits per heavy atom. The lowest BCUT2D eigenvalue weighted by Crippen LogP contribution is -2.48. The van der Waals surface area contributed by atoms with Crippen LogP contribution in [0, 0.1) is 5.92 Å². The van der Waals surface area contributed by atoms with Crippen molar-refractivity contribution in [1.82, 2.24) is 24.0 Å². The maximum absolute atomic E-state index is 14.7. The zero-order chi connectivity index (χ0) is 39.1. The summed E-state index contributed by atoms with van der Waals surface area (Å²) in [7, 11) is 0.204. The summed E-state index contributed by atoms with van der Waals surface area (Å²) >= 11 is 0. The van der Waals surface area contributed by atoms with Crippen LogP contribution in [0.25, 0.3) is 33.8 Å². The van der Waals surface area contributed by atoms with E-state index in [0.29, 0.717) is 55.6 Å². The summed E-state index contributed by atoms with van der Waals surface area (Å²) < 4.78 is 37.7. The number of morpholine rings is 1. The highest BCUT2D eigenvalue weighted by Gasteiger charge is 2.35. The minimum absolute atomic E-state index is 0.0508. The molecular formula is C44H55N5O6S. The number of hydrogen-bond donors (Lipinski definition) is 1. The molecule has 4 aliphatic rings. The number of nitrogens with one attached hydrogen (secondary N) is 1. The summed E-state index contributed by atoms with van der Waals surface area (Å²) in [6.07, 6.45) is 11.2. The van der Waals surface area contributed by atoms with E-state index < -0.39 is 11.0 Å². The lowest BCUT2D eigenvalue weighted by molar-refractivity contribution is -0.0586. The molecule has 0 spiro atoms. The molecule has 2 aromatic carbocycles. The number of allylic oxidation sites excluding steroid dienone is 1. The summed E-state index contributed by atoms with van der Waals surface area (Å²) in [6.45, 7) is 10.7. The molecule has 3 atom stereocenters. The quantitative estimate of drug-likeness (QED) is 0.185. The van der Waals surface area contributed by atoms with Gasteiger partial charge in [0.25, 0.3) is 11.8 Å². The predicted octanol–water partition coefficient (Wildman–Crippen LogP) is 7.77. The SMILES string of the molecule is COc1ccc2c(c1)C=C(c1c(C(=O)N3CC(C)OC(C)C3)cnn1C1CCOCC1)Cn1c-2c(C2CCCCC2)c2ccc(C(=O)NS(=O)CC(C)C)cc21. The molecule has 298 valence electrons. The first-order valence-corrected chi connectivity index (χ1v) is 21.8. The van der Waals surface area contributed by atoms with Crippen molar-refractivity contribution in [3.8, 4) is 17.0 Å². The van der Waals surface area contributed by atoms with Gasteiger partial charge in [-0.2, -0.15) is 5.10 Å². The van der Waals surface area contributed by atoms with Gasteiger partial charge in [0, 0.05) is 54.1 Å². The van der Waals surface area contributed by atoms with Crippen LogP contribution in [0.4, 0.5) is 0 Å². The Hall–Kier alpha value is -4.26. The molecule has 4 aromatic rings. The van der Waals surface area contributed by atoms with Gasteiger partial charge < -0.3 is 23.7 Å². The number of amides is 2. The van der Waals surface area contributed by atoms with Gasteiger partial charge in [-0.3, -0.25) is 19.0 Å². The standard InChI is InChI=1S/C44H55N5O6S/c1-27(2)26-56(52)46-43(50)31-11-13-37-39(21-31)48-25-33(19-32-20-35(53-5)12-14-36(32)42(48)40(37)30-9-7-6-8-10-30)41-38(22-45-49(41)34-15-17-54-18-16-34)44(51)47-23-28(3)55-29(4)24-47/h11-14,19-22,27-30,34H,6-10,15-18,23-26H2,1-5H3,(H,46,50). The van der Waals surface area contributed by atoms with Crippen molar-refractivity contribution in [2.75, 3.05) is 39.2 Å². The van der Waals surface area contributed by atoms with Gasteiger partial charge in [0.05, 0.1) is 55.1 Å². The molecule has 8 rings (SSSR count). The average molecular weight is 782 g/mol. The third-order valence-corrected chi connectivity index (χ3v) is 13.2. The number of rotatable bonds is 9. The number of ether oxygens (including phenoxy) is 3. The van der Waals surface area contributed by atoms with E-state index in [2.05, 4.69) is 38.2 Å². The Bertz CT molecular complexity index is 2160. The van der Waals surface area contributed by atoms with Crippen LogP contribution < -0.4 is 9.46 Å². The number of fused-ring (bicyclic) bond motifs is 5. The zero-order valence-corrected chi connectivity index (χ0v) is 34.2. The van der Waals surface area contributed by atoms with Crippen LogP contribution in [-0.4, -0.2) is 86.6 Å². The Morgan fingerprint density at radius 1 is 0.982 bits per heavy atom. The molecular weight excluding hydrogens is 727 g/mol. The fourth-order valence-electron chi connectivity index (χ4n) is 9.39. The van der Waals surface area contributed by atoms with Gasteiger partial charge in [-0.15, -0.1) is 0 Å². The van der Waals surface area contributed by atoms with Crippen LogP contribution in [0.3, 0.4) is 0 Å². The summed E-state index contributed by atoms with van der Waals surface area (Å²) in [4.78, 5) is 30.3. The van der Waals surface area contributed by atoms with Crippen molar-refractivity contribution in [2.24, 2.45) is 5.92 Å². The molecule has 1 N–H and O–H groups in total. The molecule has 2 aromatic heterocycles. The summed E-state index contributed by atoms with van der Waals surface area (Å²) in [5.74, 6) is 1.27. The molecule has 5 heterocycles. The fraction of sp³-hybridized carbons (Fsp3) is 0.523. The maximum Gasteiger partial charge on any atom is 0.263 e. The topological polar surface area (TPSA) is 117 Å². The van der Waals surface area contributed by atoms with E-state index >= 15 is 0 Å². The van der Waals surface area contributed by atoms with Crippen LogP contribution >= 0.6 is 0 Å². The van der Waals surface area contributed by atoms with Crippen LogP contribution in [0.1, 0.15) is 122 Å². The molecule has 3 unspecified atom stereocenters. The third-order valence-electron chi connectivity index (χ3n) is 11.8. The fourth-order valence-corrected chi connectivity index (χ4v) is 10.4. The summed E-state index contributed by atoms with van der Waals surface area (Å²) in [5, 5.41) is 6.12. The van der Waals surface area contributed by atoms with Crippen molar-refractivity contribution < 1.29 is 28.0 Å².